The Morgan fingerprint density at radius 2 is 2.46 bits per heavy atom. The van der Waals surface area contributed by atoms with E-state index < -0.39 is 0 Å². The van der Waals surface area contributed by atoms with Crippen LogP contribution >= 0.6 is 0 Å². The van der Waals surface area contributed by atoms with Gasteiger partial charge in [-0.3, -0.25) is 4.68 Å². The average Bonchev–Trinajstić information content (AvgIpc) is 2.32. The normalized spacial score (nSPS) is 19.8. The van der Waals surface area contributed by atoms with Crippen LogP contribution in [-0.2, 0) is 13.5 Å². The minimum atomic E-state index is -0.225. The Morgan fingerprint density at radius 3 is 2.92 bits per heavy atom. The molecule has 13 heavy (non-hydrogen) atoms. The Bertz CT molecular complexity index is 280. The number of hydrogen-bond donors (Lipinski definition) is 1. The van der Waals surface area contributed by atoms with E-state index in [1.807, 2.05) is 7.05 Å². The first-order valence-corrected chi connectivity index (χ1v) is 4.78. The molecule has 0 amide bonds. The molecule has 4 nitrogen and oxygen atoms in total. The van der Waals surface area contributed by atoms with Gasteiger partial charge in [0.15, 0.2) is 0 Å². The molecule has 0 bridgehead atoms. The smallest absolute Gasteiger partial charge is 0.138 e. The lowest BCUT2D eigenvalue weighted by atomic mass is 9.80. The summed E-state index contributed by atoms with van der Waals surface area (Å²) in [5.74, 6) is 1.37. The second-order valence-electron chi connectivity index (χ2n) is 3.76. The van der Waals surface area contributed by atoms with Crippen LogP contribution in [0.5, 0.6) is 0 Å². The van der Waals surface area contributed by atoms with Crippen molar-refractivity contribution in [2.75, 3.05) is 0 Å². The van der Waals surface area contributed by atoms with Crippen LogP contribution < -0.4 is 0 Å². The first-order valence-electron chi connectivity index (χ1n) is 4.78. The van der Waals surface area contributed by atoms with E-state index in [9.17, 15) is 5.11 Å². The molecule has 72 valence electrons. The first kappa shape index (κ1) is 8.69. The van der Waals surface area contributed by atoms with E-state index in [2.05, 4.69) is 10.1 Å². The van der Waals surface area contributed by atoms with E-state index in [1.165, 1.54) is 25.6 Å². The van der Waals surface area contributed by atoms with Crippen LogP contribution in [0.2, 0.25) is 0 Å². The summed E-state index contributed by atoms with van der Waals surface area (Å²) in [6.45, 7) is 0. The van der Waals surface area contributed by atoms with E-state index in [-0.39, 0.29) is 6.10 Å². The second kappa shape index (κ2) is 3.46. The van der Waals surface area contributed by atoms with Gasteiger partial charge in [-0.2, -0.15) is 5.10 Å². The second-order valence-corrected chi connectivity index (χ2v) is 3.76. The van der Waals surface area contributed by atoms with Crippen molar-refractivity contribution < 1.29 is 5.11 Å². The van der Waals surface area contributed by atoms with E-state index in [4.69, 9.17) is 0 Å². The Hall–Kier alpha value is -0.900. The number of aliphatic hydroxyl groups excluding tert-OH is 1. The van der Waals surface area contributed by atoms with Gasteiger partial charge < -0.3 is 5.11 Å². The predicted octanol–water partition coefficient (Wildman–Crippen LogP) is 0.519. The fourth-order valence-corrected chi connectivity index (χ4v) is 1.68. The summed E-state index contributed by atoms with van der Waals surface area (Å²) in [6.07, 6.45) is 5.54. The summed E-state index contributed by atoms with van der Waals surface area (Å²) >= 11 is 0. The van der Waals surface area contributed by atoms with Crippen molar-refractivity contribution in [3.63, 3.8) is 0 Å². The average molecular weight is 181 g/mol. The van der Waals surface area contributed by atoms with Crippen molar-refractivity contribution in [1.29, 1.82) is 0 Å². The molecule has 0 radical (unpaired) electrons. The maximum absolute atomic E-state index is 9.78. The zero-order valence-corrected chi connectivity index (χ0v) is 7.85. The van der Waals surface area contributed by atoms with Gasteiger partial charge >= 0.3 is 0 Å². The van der Waals surface area contributed by atoms with E-state index in [0.717, 1.165) is 5.82 Å². The zero-order chi connectivity index (χ0) is 9.26. The van der Waals surface area contributed by atoms with E-state index >= 15 is 0 Å². The highest BCUT2D eigenvalue weighted by Crippen LogP contribution is 2.30. The van der Waals surface area contributed by atoms with Crippen molar-refractivity contribution in [2.45, 2.75) is 31.8 Å². The zero-order valence-electron chi connectivity index (χ0n) is 7.85. The van der Waals surface area contributed by atoms with Crippen LogP contribution in [0.25, 0.3) is 0 Å². The third-order valence-corrected chi connectivity index (χ3v) is 2.89. The highest BCUT2D eigenvalue weighted by molar-refractivity contribution is 4.90. The number of aryl methyl sites for hydroxylation is 1. The lowest BCUT2D eigenvalue weighted by Crippen LogP contribution is -2.29. The molecule has 1 saturated carbocycles. The molecule has 1 atom stereocenters. The maximum Gasteiger partial charge on any atom is 0.138 e. The third kappa shape index (κ3) is 1.72. The number of aromatic nitrogens is 3. The molecular weight excluding hydrogens is 166 g/mol. The van der Waals surface area contributed by atoms with E-state index in [0.29, 0.717) is 12.3 Å². The quantitative estimate of drug-likeness (QED) is 0.739. The predicted molar refractivity (Wildman–Crippen MR) is 48.1 cm³/mol. The Kier molecular flexibility index (Phi) is 2.31. The molecule has 1 heterocycles. The van der Waals surface area contributed by atoms with E-state index in [1.54, 1.807) is 4.68 Å². The fourth-order valence-electron chi connectivity index (χ4n) is 1.68. The Balaban J connectivity index is 1.93. The van der Waals surface area contributed by atoms with Crippen molar-refractivity contribution >= 4 is 0 Å². The highest BCUT2D eigenvalue weighted by Gasteiger charge is 2.26. The van der Waals surface area contributed by atoms with Gasteiger partial charge in [0, 0.05) is 13.5 Å². The molecule has 1 aliphatic carbocycles. The molecule has 0 aromatic carbocycles. The van der Waals surface area contributed by atoms with Crippen LogP contribution in [0.3, 0.4) is 0 Å². The third-order valence-electron chi connectivity index (χ3n) is 2.89. The molecule has 2 rings (SSSR count). The summed E-state index contributed by atoms with van der Waals surface area (Å²) in [7, 11) is 1.86. The van der Waals surface area contributed by atoms with Gasteiger partial charge in [0.1, 0.15) is 12.2 Å². The van der Waals surface area contributed by atoms with Gasteiger partial charge in [-0.25, -0.2) is 4.98 Å². The van der Waals surface area contributed by atoms with Gasteiger partial charge in [0.2, 0.25) is 0 Å². The molecule has 1 unspecified atom stereocenters. The maximum atomic E-state index is 9.78. The molecule has 0 saturated heterocycles. The standard InChI is InChI=1S/C9H15N3O/c1-12-9(10-6-11-12)5-8(13)7-3-2-4-7/h6-8,13H,2-5H2,1H3. The fraction of sp³-hybridized carbons (Fsp3) is 0.778. The van der Waals surface area contributed by atoms with Gasteiger partial charge in [-0.05, 0) is 18.8 Å². The molecule has 0 spiro atoms. The SMILES string of the molecule is Cn1ncnc1CC(O)C1CCC1. The monoisotopic (exact) mass is 181 g/mol. The van der Waals surface area contributed by atoms with Crippen LogP contribution in [0.1, 0.15) is 25.1 Å². The van der Waals surface area contributed by atoms with Crippen molar-refractivity contribution in [2.24, 2.45) is 13.0 Å². The number of rotatable bonds is 3. The number of aliphatic hydroxyl groups is 1. The minimum absolute atomic E-state index is 0.225. The number of nitrogens with zero attached hydrogens (tertiary/aromatic N) is 3. The lowest BCUT2D eigenvalue weighted by Gasteiger charge is -2.29. The summed E-state index contributed by atoms with van der Waals surface area (Å²) in [5.41, 5.74) is 0. The summed E-state index contributed by atoms with van der Waals surface area (Å²) in [6, 6.07) is 0. The Labute approximate surface area is 77.6 Å². The molecule has 0 aliphatic heterocycles. The van der Waals surface area contributed by atoms with Crippen LogP contribution in [0.4, 0.5) is 0 Å². The molecule has 1 N–H and O–H groups in total. The van der Waals surface area contributed by atoms with Gasteiger partial charge in [0.05, 0.1) is 6.10 Å². The van der Waals surface area contributed by atoms with Gasteiger partial charge in [0.25, 0.3) is 0 Å². The molecular formula is C9H15N3O. The largest absolute Gasteiger partial charge is 0.392 e. The van der Waals surface area contributed by atoms with Crippen molar-refractivity contribution in [3.8, 4) is 0 Å². The van der Waals surface area contributed by atoms with Gasteiger partial charge in [-0.1, -0.05) is 6.42 Å². The number of hydrogen-bond acceptors (Lipinski definition) is 3. The Morgan fingerprint density at radius 1 is 1.69 bits per heavy atom. The molecule has 1 aromatic rings. The van der Waals surface area contributed by atoms with Crippen LogP contribution in [-0.4, -0.2) is 26.0 Å². The molecule has 1 aromatic heterocycles. The molecule has 1 aliphatic rings. The lowest BCUT2D eigenvalue weighted by molar-refractivity contribution is 0.0607. The summed E-state index contributed by atoms with van der Waals surface area (Å²) in [4.78, 5) is 4.09. The van der Waals surface area contributed by atoms with Crippen molar-refractivity contribution in [1.82, 2.24) is 14.8 Å². The summed E-state index contributed by atoms with van der Waals surface area (Å²) < 4.78 is 1.72. The molecule has 1 fully saturated rings. The van der Waals surface area contributed by atoms with Gasteiger partial charge in [-0.15, -0.1) is 0 Å². The highest BCUT2D eigenvalue weighted by atomic mass is 16.3. The molecule has 4 heteroatoms. The first-order chi connectivity index (χ1) is 6.27. The van der Waals surface area contributed by atoms with Crippen LogP contribution in [0, 0.1) is 5.92 Å². The van der Waals surface area contributed by atoms with Crippen LogP contribution in [0.15, 0.2) is 6.33 Å². The summed E-state index contributed by atoms with van der Waals surface area (Å²) in [5, 5.41) is 13.8. The van der Waals surface area contributed by atoms with Crippen molar-refractivity contribution in [3.05, 3.63) is 12.2 Å². The minimum Gasteiger partial charge on any atom is -0.392 e. The topological polar surface area (TPSA) is 50.9 Å².